The standard InChI is InChI=1S/C22H23NO6S/c1-3-28-22(27)18-16-6-4-5-7-17(16)30-20(18)23-19(25)13(2)29-21(26)15-10-8-14(12-24)9-11-15/h8-13H,3-7H2,1-2H3,(H,23,25). The number of fused-ring (bicyclic) bond motifs is 1. The van der Waals surface area contributed by atoms with Crippen LogP contribution in [-0.4, -0.2) is 36.8 Å². The summed E-state index contributed by atoms with van der Waals surface area (Å²) >= 11 is 1.37. The van der Waals surface area contributed by atoms with Crippen LogP contribution in [0.5, 0.6) is 0 Å². The molecule has 158 valence electrons. The Bertz CT molecular complexity index is 963. The molecule has 1 N–H and O–H groups in total. The summed E-state index contributed by atoms with van der Waals surface area (Å²) in [5.41, 5.74) is 2.03. The second-order valence-electron chi connectivity index (χ2n) is 6.91. The zero-order valence-electron chi connectivity index (χ0n) is 16.9. The quantitative estimate of drug-likeness (QED) is 0.531. The topological polar surface area (TPSA) is 98.8 Å². The minimum Gasteiger partial charge on any atom is -0.462 e. The second kappa shape index (κ2) is 9.67. The number of ether oxygens (including phenoxy) is 2. The molecule has 1 aromatic carbocycles. The van der Waals surface area contributed by atoms with Gasteiger partial charge in [-0.25, -0.2) is 9.59 Å². The number of anilines is 1. The van der Waals surface area contributed by atoms with Crippen LogP contribution >= 0.6 is 11.3 Å². The van der Waals surface area contributed by atoms with Crippen molar-refractivity contribution < 1.29 is 28.7 Å². The molecule has 3 rings (SSSR count). The number of hydrogen-bond acceptors (Lipinski definition) is 7. The van der Waals surface area contributed by atoms with Gasteiger partial charge in [0.2, 0.25) is 0 Å². The van der Waals surface area contributed by atoms with E-state index in [9.17, 15) is 19.2 Å². The van der Waals surface area contributed by atoms with Crippen molar-refractivity contribution in [3.63, 3.8) is 0 Å². The fourth-order valence-corrected chi connectivity index (χ4v) is 4.55. The van der Waals surface area contributed by atoms with Crippen molar-refractivity contribution in [2.75, 3.05) is 11.9 Å². The molecule has 1 amide bonds. The van der Waals surface area contributed by atoms with E-state index in [4.69, 9.17) is 9.47 Å². The predicted molar refractivity (Wildman–Crippen MR) is 112 cm³/mol. The third kappa shape index (κ3) is 4.76. The first-order valence-electron chi connectivity index (χ1n) is 9.83. The molecule has 30 heavy (non-hydrogen) atoms. The zero-order chi connectivity index (χ0) is 21.7. The first-order chi connectivity index (χ1) is 14.4. The van der Waals surface area contributed by atoms with Gasteiger partial charge in [-0.05, 0) is 57.2 Å². The number of aryl methyl sites for hydroxylation is 1. The lowest BCUT2D eigenvalue weighted by Crippen LogP contribution is -2.30. The van der Waals surface area contributed by atoms with Crippen molar-refractivity contribution in [3.05, 3.63) is 51.4 Å². The fourth-order valence-electron chi connectivity index (χ4n) is 3.27. The molecule has 8 heteroatoms. The number of benzene rings is 1. The minimum atomic E-state index is -1.07. The summed E-state index contributed by atoms with van der Waals surface area (Å²) in [5, 5.41) is 3.17. The van der Waals surface area contributed by atoms with E-state index in [1.807, 2.05) is 0 Å². The highest BCUT2D eigenvalue weighted by Gasteiger charge is 2.29. The van der Waals surface area contributed by atoms with Crippen molar-refractivity contribution in [2.45, 2.75) is 45.6 Å². The van der Waals surface area contributed by atoms with Crippen LogP contribution in [0.4, 0.5) is 5.00 Å². The summed E-state index contributed by atoms with van der Waals surface area (Å²) in [7, 11) is 0. The molecule has 0 fully saturated rings. The Hall–Kier alpha value is -3.00. The summed E-state index contributed by atoms with van der Waals surface area (Å²) in [5.74, 6) is -1.66. The van der Waals surface area contributed by atoms with E-state index in [1.165, 1.54) is 42.5 Å². The van der Waals surface area contributed by atoms with Crippen LogP contribution in [0.15, 0.2) is 24.3 Å². The van der Waals surface area contributed by atoms with Gasteiger partial charge in [-0.1, -0.05) is 12.1 Å². The normalized spacial score (nSPS) is 13.7. The summed E-state index contributed by atoms with van der Waals surface area (Å²) in [4.78, 5) is 49.2. The summed E-state index contributed by atoms with van der Waals surface area (Å²) < 4.78 is 10.4. The number of rotatable bonds is 7. The summed E-state index contributed by atoms with van der Waals surface area (Å²) in [6.45, 7) is 3.44. The van der Waals surface area contributed by atoms with Crippen LogP contribution in [0.25, 0.3) is 0 Å². The SMILES string of the molecule is CCOC(=O)c1c(NC(=O)C(C)OC(=O)c2ccc(C=O)cc2)sc2c1CCCC2. The zero-order valence-corrected chi connectivity index (χ0v) is 17.7. The number of thiophene rings is 1. The number of hydrogen-bond donors (Lipinski definition) is 1. The number of nitrogens with one attached hydrogen (secondary N) is 1. The van der Waals surface area contributed by atoms with Crippen LogP contribution in [0, 0.1) is 0 Å². The minimum absolute atomic E-state index is 0.235. The fraction of sp³-hybridized carbons (Fsp3) is 0.364. The summed E-state index contributed by atoms with van der Waals surface area (Å²) in [6, 6.07) is 5.91. The highest BCUT2D eigenvalue weighted by molar-refractivity contribution is 7.17. The van der Waals surface area contributed by atoms with Gasteiger partial charge in [-0.3, -0.25) is 9.59 Å². The van der Waals surface area contributed by atoms with Crippen LogP contribution in [-0.2, 0) is 27.1 Å². The molecular formula is C22H23NO6S. The number of aldehydes is 1. The van der Waals surface area contributed by atoms with Crippen LogP contribution < -0.4 is 5.32 Å². The monoisotopic (exact) mass is 429 g/mol. The molecule has 0 saturated heterocycles. The number of amides is 1. The van der Waals surface area contributed by atoms with E-state index < -0.39 is 23.9 Å². The van der Waals surface area contributed by atoms with Crippen molar-refractivity contribution in [1.29, 1.82) is 0 Å². The Labute approximate surface area is 178 Å². The van der Waals surface area contributed by atoms with Crippen molar-refractivity contribution >= 4 is 40.5 Å². The Morgan fingerprint density at radius 1 is 1.13 bits per heavy atom. The highest BCUT2D eigenvalue weighted by Crippen LogP contribution is 2.38. The summed E-state index contributed by atoms with van der Waals surface area (Å²) in [6.07, 6.45) is 3.27. The van der Waals surface area contributed by atoms with E-state index in [2.05, 4.69) is 5.32 Å². The van der Waals surface area contributed by atoms with Gasteiger partial charge >= 0.3 is 11.9 Å². The molecule has 0 aliphatic heterocycles. The highest BCUT2D eigenvalue weighted by atomic mass is 32.1. The number of carbonyl (C=O) groups is 4. The van der Waals surface area contributed by atoms with Gasteiger partial charge in [0, 0.05) is 10.4 Å². The molecule has 0 bridgehead atoms. The van der Waals surface area contributed by atoms with Crippen LogP contribution in [0.1, 0.15) is 68.2 Å². The van der Waals surface area contributed by atoms with Gasteiger partial charge in [0.1, 0.15) is 11.3 Å². The molecule has 2 aromatic rings. The van der Waals surface area contributed by atoms with Crippen molar-refractivity contribution in [2.24, 2.45) is 0 Å². The third-order valence-electron chi connectivity index (χ3n) is 4.82. The van der Waals surface area contributed by atoms with E-state index in [1.54, 1.807) is 6.92 Å². The lowest BCUT2D eigenvalue weighted by Gasteiger charge is -2.14. The van der Waals surface area contributed by atoms with Crippen molar-refractivity contribution in [3.8, 4) is 0 Å². The molecule has 0 saturated carbocycles. The van der Waals surface area contributed by atoms with Gasteiger partial charge in [0.05, 0.1) is 17.7 Å². The molecule has 1 atom stereocenters. The Morgan fingerprint density at radius 2 is 1.83 bits per heavy atom. The molecule has 1 aliphatic rings. The largest absolute Gasteiger partial charge is 0.462 e. The molecule has 1 aliphatic carbocycles. The average molecular weight is 429 g/mol. The molecule has 1 unspecified atom stereocenters. The Morgan fingerprint density at radius 3 is 2.50 bits per heavy atom. The Balaban J connectivity index is 1.73. The third-order valence-corrected chi connectivity index (χ3v) is 6.03. The molecule has 7 nitrogen and oxygen atoms in total. The lowest BCUT2D eigenvalue weighted by atomic mass is 9.95. The van der Waals surface area contributed by atoms with E-state index in [-0.39, 0.29) is 12.2 Å². The van der Waals surface area contributed by atoms with Gasteiger partial charge in [0.15, 0.2) is 6.10 Å². The number of carbonyl (C=O) groups excluding carboxylic acids is 4. The molecule has 0 spiro atoms. The molecule has 0 radical (unpaired) electrons. The van der Waals surface area contributed by atoms with E-state index >= 15 is 0 Å². The van der Waals surface area contributed by atoms with Gasteiger partial charge in [0.25, 0.3) is 5.91 Å². The molecule has 1 aromatic heterocycles. The number of esters is 2. The van der Waals surface area contributed by atoms with Gasteiger partial charge < -0.3 is 14.8 Å². The maximum Gasteiger partial charge on any atom is 0.341 e. The van der Waals surface area contributed by atoms with Crippen LogP contribution in [0.3, 0.4) is 0 Å². The Kier molecular flexibility index (Phi) is 6.99. The first-order valence-corrected chi connectivity index (χ1v) is 10.6. The van der Waals surface area contributed by atoms with E-state index in [0.29, 0.717) is 22.4 Å². The maximum atomic E-state index is 12.6. The van der Waals surface area contributed by atoms with Crippen molar-refractivity contribution in [1.82, 2.24) is 0 Å². The smallest absolute Gasteiger partial charge is 0.341 e. The van der Waals surface area contributed by atoms with Gasteiger partial charge in [-0.15, -0.1) is 11.3 Å². The average Bonchev–Trinajstić information content (AvgIpc) is 3.11. The molecular weight excluding hydrogens is 406 g/mol. The predicted octanol–water partition coefficient (Wildman–Crippen LogP) is 3.80. The lowest BCUT2D eigenvalue weighted by molar-refractivity contribution is -0.123. The molecule has 1 heterocycles. The maximum absolute atomic E-state index is 12.6. The first kappa shape index (κ1) is 21.7. The second-order valence-corrected chi connectivity index (χ2v) is 8.02. The van der Waals surface area contributed by atoms with Gasteiger partial charge in [-0.2, -0.15) is 0 Å². The van der Waals surface area contributed by atoms with Crippen LogP contribution in [0.2, 0.25) is 0 Å². The van der Waals surface area contributed by atoms with E-state index in [0.717, 1.165) is 36.1 Å².